The van der Waals surface area contributed by atoms with E-state index in [9.17, 15) is 17.6 Å². The highest BCUT2D eigenvalue weighted by atomic mass is 19.4. The van der Waals surface area contributed by atoms with Crippen LogP contribution in [0.2, 0.25) is 0 Å². The Kier molecular flexibility index (Phi) is 5.13. The van der Waals surface area contributed by atoms with Crippen molar-refractivity contribution in [2.45, 2.75) is 19.1 Å². The van der Waals surface area contributed by atoms with E-state index in [1.165, 1.54) is 19.1 Å². The first-order valence-corrected chi connectivity index (χ1v) is 5.73. The van der Waals surface area contributed by atoms with Crippen molar-refractivity contribution in [3.8, 4) is 0 Å². The van der Waals surface area contributed by atoms with Crippen molar-refractivity contribution < 1.29 is 22.7 Å². The molecule has 1 aromatic rings. The second kappa shape index (κ2) is 6.21. The number of nitrogens with two attached hydrogens (primary N) is 1. The van der Waals surface area contributed by atoms with Gasteiger partial charge in [-0.3, -0.25) is 0 Å². The van der Waals surface area contributed by atoms with Crippen LogP contribution in [-0.2, 0) is 0 Å². The molecule has 3 N–H and O–H groups in total. The minimum absolute atomic E-state index is 0.0141. The molecule has 0 radical (unpaired) electrons. The van der Waals surface area contributed by atoms with Gasteiger partial charge in [-0.2, -0.15) is 13.2 Å². The average molecular weight is 280 g/mol. The van der Waals surface area contributed by atoms with E-state index in [2.05, 4.69) is 0 Å². The topological polar surface area (TPSA) is 49.5 Å². The van der Waals surface area contributed by atoms with Crippen LogP contribution >= 0.6 is 0 Å². The molecular formula is C12H16F4N2O. The van der Waals surface area contributed by atoms with Gasteiger partial charge in [0, 0.05) is 23.8 Å². The van der Waals surface area contributed by atoms with Gasteiger partial charge >= 0.3 is 6.18 Å². The largest absolute Gasteiger partial charge is 0.405 e. The van der Waals surface area contributed by atoms with Crippen LogP contribution in [0.5, 0.6) is 0 Å². The van der Waals surface area contributed by atoms with Crippen molar-refractivity contribution in [2.75, 3.05) is 24.6 Å². The number of hydrogen-bond donors (Lipinski definition) is 2. The molecule has 0 aliphatic heterocycles. The second-order valence-electron chi connectivity index (χ2n) is 4.22. The highest BCUT2D eigenvalue weighted by Gasteiger charge is 2.32. The number of rotatable bonds is 5. The Bertz CT molecular complexity index is 421. The summed E-state index contributed by atoms with van der Waals surface area (Å²) in [5, 5.41) is 8.86. The smallest absolute Gasteiger partial charge is 0.395 e. The van der Waals surface area contributed by atoms with Gasteiger partial charge in [0.05, 0.1) is 6.61 Å². The number of alkyl halides is 3. The lowest BCUT2D eigenvalue weighted by Gasteiger charge is -2.28. The highest BCUT2D eigenvalue weighted by molar-refractivity contribution is 5.55. The van der Waals surface area contributed by atoms with E-state index < -0.39 is 31.2 Å². The third-order valence-electron chi connectivity index (χ3n) is 2.57. The fraction of sp³-hybridized carbons (Fsp3) is 0.500. The van der Waals surface area contributed by atoms with Crippen molar-refractivity contribution in [1.29, 1.82) is 0 Å². The van der Waals surface area contributed by atoms with Crippen molar-refractivity contribution in [3.05, 3.63) is 29.6 Å². The number of aliphatic hydroxyl groups is 1. The summed E-state index contributed by atoms with van der Waals surface area (Å²) in [6, 6.07) is 3.08. The Labute approximate surface area is 108 Å². The van der Waals surface area contributed by atoms with Gasteiger partial charge < -0.3 is 15.7 Å². The highest BCUT2D eigenvalue weighted by Crippen LogP contribution is 2.30. The number of anilines is 1. The Hall–Kier alpha value is -1.34. The zero-order valence-corrected chi connectivity index (χ0v) is 10.4. The molecule has 7 heteroatoms. The summed E-state index contributed by atoms with van der Waals surface area (Å²) in [6.45, 7) is -0.489. The molecular weight excluding hydrogens is 264 g/mol. The lowest BCUT2D eigenvalue weighted by Crippen LogP contribution is -2.37. The molecule has 0 bridgehead atoms. The first-order valence-electron chi connectivity index (χ1n) is 5.73. The fourth-order valence-corrected chi connectivity index (χ4v) is 1.87. The molecule has 0 aliphatic rings. The second-order valence-corrected chi connectivity index (χ2v) is 4.22. The number of halogens is 4. The summed E-state index contributed by atoms with van der Waals surface area (Å²) in [6.07, 6.45) is -4.45. The third-order valence-corrected chi connectivity index (χ3v) is 2.57. The van der Waals surface area contributed by atoms with Gasteiger partial charge in [0.15, 0.2) is 0 Å². The van der Waals surface area contributed by atoms with Gasteiger partial charge in [-0.1, -0.05) is 6.07 Å². The molecule has 0 spiro atoms. The Morgan fingerprint density at radius 1 is 1.37 bits per heavy atom. The fourth-order valence-electron chi connectivity index (χ4n) is 1.87. The normalized spacial score (nSPS) is 13.4. The molecule has 0 aliphatic carbocycles. The molecule has 0 heterocycles. The monoisotopic (exact) mass is 280 g/mol. The summed E-state index contributed by atoms with van der Waals surface area (Å²) in [4.78, 5) is 0.877. The van der Waals surface area contributed by atoms with Crippen LogP contribution in [0.1, 0.15) is 18.5 Å². The summed E-state index contributed by atoms with van der Waals surface area (Å²) in [7, 11) is 0. The van der Waals surface area contributed by atoms with E-state index in [0.29, 0.717) is 0 Å². The molecule has 108 valence electrons. The standard InChI is InChI=1S/C12H16F4N2O/c1-8(17)11-9(13)3-2-4-10(11)18(5-6-19)7-12(14,15)16/h2-4,8,19H,5-7,17H2,1H3/t8-/m0/s1. The van der Waals surface area contributed by atoms with E-state index in [0.717, 1.165) is 11.0 Å². The minimum Gasteiger partial charge on any atom is -0.395 e. The number of aliphatic hydroxyl groups excluding tert-OH is 1. The molecule has 0 unspecified atom stereocenters. The number of nitrogens with zero attached hydrogens (tertiary/aromatic N) is 1. The van der Waals surface area contributed by atoms with Crippen LogP contribution in [0, 0.1) is 5.82 Å². The van der Waals surface area contributed by atoms with Gasteiger partial charge in [-0.05, 0) is 19.1 Å². The maximum atomic E-state index is 13.7. The minimum atomic E-state index is -4.45. The Morgan fingerprint density at radius 3 is 2.47 bits per heavy atom. The van der Waals surface area contributed by atoms with Crippen LogP contribution in [0.4, 0.5) is 23.2 Å². The van der Waals surface area contributed by atoms with Gasteiger partial charge in [0.25, 0.3) is 0 Å². The lowest BCUT2D eigenvalue weighted by atomic mass is 10.0. The number of hydrogen-bond acceptors (Lipinski definition) is 3. The van der Waals surface area contributed by atoms with Crippen LogP contribution in [0.25, 0.3) is 0 Å². The predicted octanol–water partition coefficient (Wildman–Crippen LogP) is 2.21. The van der Waals surface area contributed by atoms with Gasteiger partial charge in [0.1, 0.15) is 12.4 Å². The molecule has 1 aromatic carbocycles. The maximum absolute atomic E-state index is 13.7. The molecule has 0 saturated heterocycles. The molecule has 0 aromatic heterocycles. The average Bonchev–Trinajstić information content (AvgIpc) is 2.25. The van der Waals surface area contributed by atoms with Crippen molar-refractivity contribution in [2.24, 2.45) is 5.73 Å². The summed E-state index contributed by atoms with van der Waals surface area (Å²) < 4.78 is 51.2. The zero-order chi connectivity index (χ0) is 14.6. The van der Waals surface area contributed by atoms with Crippen molar-refractivity contribution in [3.63, 3.8) is 0 Å². The van der Waals surface area contributed by atoms with Crippen LogP contribution < -0.4 is 10.6 Å². The molecule has 1 rings (SSSR count). The maximum Gasteiger partial charge on any atom is 0.405 e. The van der Waals surface area contributed by atoms with E-state index in [1.807, 2.05) is 0 Å². The van der Waals surface area contributed by atoms with Gasteiger partial charge in [-0.25, -0.2) is 4.39 Å². The molecule has 0 fully saturated rings. The van der Waals surface area contributed by atoms with Crippen LogP contribution in [0.15, 0.2) is 18.2 Å². The molecule has 0 amide bonds. The van der Waals surface area contributed by atoms with E-state index >= 15 is 0 Å². The third kappa shape index (κ3) is 4.36. The molecule has 1 atom stereocenters. The summed E-state index contributed by atoms with van der Waals surface area (Å²) >= 11 is 0. The SMILES string of the molecule is C[C@H](N)c1c(F)cccc1N(CCO)CC(F)(F)F. The lowest BCUT2D eigenvalue weighted by molar-refractivity contribution is -0.119. The summed E-state index contributed by atoms with van der Waals surface area (Å²) in [5.74, 6) is -0.655. The number of benzene rings is 1. The van der Waals surface area contributed by atoms with Gasteiger partial charge in [-0.15, -0.1) is 0 Å². The molecule has 19 heavy (non-hydrogen) atoms. The summed E-state index contributed by atoms with van der Waals surface area (Å²) in [5.41, 5.74) is 5.67. The predicted molar refractivity (Wildman–Crippen MR) is 64.4 cm³/mol. The Balaban J connectivity index is 3.18. The van der Waals surface area contributed by atoms with E-state index in [1.54, 1.807) is 0 Å². The van der Waals surface area contributed by atoms with E-state index in [-0.39, 0.29) is 17.8 Å². The van der Waals surface area contributed by atoms with E-state index in [4.69, 9.17) is 10.8 Å². The zero-order valence-electron chi connectivity index (χ0n) is 10.4. The Morgan fingerprint density at radius 2 is 2.00 bits per heavy atom. The first-order chi connectivity index (χ1) is 8.76. The van der Waals surface area contributed by atoms with Crippen LogP contribution in [-0.4, -0.2) is 31.0 Å². The molecule has 3 nitrogen and oxygen atoms in total. The quantitative estimate of drug-likeness (QED) is 0.813. The first kappa shape index (κ1) is 15.7. The van der Waals surface area contributed by atoms with Gasteiger partial charge in [0.2, 0.25) is 0 Å². The van der Waals surface area contributed by atoms with Crippen LogP contribution in [0.3, 0.4) is 0 Å². The molecule has 0 saturated carbocycles. The van der Waals surface area contributed by atoms with Crippen molar-refractivity contribution in [1.82, 2.24) is 0 Å². The van der Waals surface area contributed by atoms with Crippen molar-refractivity contribution >= 4 is 5.69 Å².